The molecule has 2 rings (SSSR count). The average molecular weight is 337 g/mol. The number of hydrogen-bond acceptors (Lipinski definition) is 5. The maximum absolute atomic E-state index is 12.0. The number of aryl methyl sites for hydroxylation is 2. The molecule has 0 fully saturated rings. The standard InChI is InChI=1S/C15H19N3O4S/c1-11-4-6-13(7-5-11)18(23(3,20)21)9-8-15(19)16-14-10-12(2)22-17-14/h4-7,10H,8-9H2,1-3H3,(H,16,17,19). The lowest BCUT2D eigenvalue weighted by Crippen LogP contribution is -2.33. The van der Waals surface area contributed by atoms with Crippen LogP contribution in [0, 0.1) is 13.8 Å². The molecule has 0 radical (unpaired) electrons. The smallest absolute Gasteiger partial charge is 0.232 e. The van der Waals surface area contributed by atoms with E-state index < -0.39 is 10.0 Å². The number of anilines is 2. The molecule has 0 unspecified atom stereocenters. The molecule has 0 atom stereocenters. The molecule has 2 aromatic rings. The first kappa shape index (κ1) is 17.0. The fourth-order valence-corrected chi connectivity index (χ4v) is 2.96. The minimum atomic E-state index is -3.48. The molecular formula is C15H19N3O4S. The van der Waals surface area contributed by atoms with Crippen LogP contribution in [0.5, 0.6) is 0 Å². The van der Waals surface area contributed by atoms with E-state index >= 15 is 0 Å². The molecule has 0 saturated heterocycles. The van der Waals surface area contributed by atoms with E-state index in [1.165, 1.54) is 4.31 Å². The fraction of sp³-hybridized carbons (Fsp3) is 0.333. The summed E-state index contributed by atoms with van der Waals surface area (Å²) in [5.74, 6) is 0.561. The van der Waals surface area contributed by atoms with Gasteiger partial charge in [-0.25, -0.2) is 8.42 Å². The Labute approximate surface area is 135 Å². The maximum Gasteiger partial charge on any atom is 0.232 e. The first-order valence-corrected chi connectivity index (χ1v) is 8.88. The molecule has 1 aromatic carbocycles. The third-order valence-electron chi connectivity index (χ3n) is 3.16. The molecular weight excluding hydrogens is 318 g/mol. The highest BCUT2D eigenvalue weighted by Crippen LogP contribution is 2.18. The molecule has 23 heavy (non-hydrogen) atoms. The Kier molecular flexibility index (Phi) is 5.05. The number of nitrogens with one attached hydrogen (secondary N) is 1. The number of benzene rings is 1. The first-order chi connectivity index (χ1) is 10.8. The quantitative estimate of drug-likeness (QED) is 0.871. The molecule has 124 valence electrons. The van der Waals surface area contributed by atoms with Crippen molar-refractivity contribution in [2.24, 2.45) is 0 Å². The number of nitrogens with zero attached hydrogens (tertiary/aromatic N) is 2. The number of carbonyl (C=O) groups is 1. The summed E-state index contributed by atoms with van der Waals surface area (Å²) in [6.07, 6.45) is 1.12. The second-order valence-electron chi connectivity index (χ2n) is 5.29. The van der Waals surface area contributed by atoms with Crippen LogP contribution in [0.15, 0.2) is 34.9 Å². The zero-order valence-corrected chi connectivity index (χ0v) is 14.1. The number of aromatic nitrogens is 1. The van der Waals surface area contributed by atoms with Gasteiger partial charge in [0.15, 0.2) is 5.82 Å². The third kappa shape index (κ3) is 4.82. The summed E-state index contributed by atoms with van der Waals surface area (Å²) in [4.78, 5) is 11.9. The van der Waals surface area contributed by atoms with Crippen LogP contribution in [-0.4, -0.2) is 32.3 Å². The van der Waals surface area contributed by atoms with Crippen LogP contribution < -0.4 is 9.62 Å². The molecule has 1 N–H and O–H groups in total. The number of amides is 1. The van der Waals surface area contributed by atoms with Crippen molar-refractivity contribution < 1.29 is 17.7 Å². The van der Waals surface area contributed by atoms with Gasteiger partial charge in [0.1, 0.15) is 5.76 Å². The van der Waals surface area contributed by atoms with Gasteiger partial charge < -0.3 is 9.84 Å². The van der Waals surface area contributed by atoms with Gasteiger partial charge >= 0.3 is 0 Å². The lowest BCUT2D eigenvalue weighted by atomic mass is 10.2. The van der Waals surface area contributed by atoms with Crippen molar-refractivity contribution in [3.63, 3.8) is 0 Å². The third-order valence-corrected chi connectivity index (χ3v) is 4.35. The SMILES string of the molecule is Cc1ccc(N(CCC(=O)Nc2cc(C)on2)S(C)(=O)=O)cc1. The first-order valence-electron chi connectivity index (χ1n) is 7.03. The topological polar surface area (TPSA) is 92.5 Å². The van der Waals surface area contributed by atoms with E-state index in [0.717, 1.165) is 11.8 Å². The highest BCUT2D eigenvalue weighted by Gasteiger charge is 2.18. The summed E-state index contributed by atoms with van der Waals surface area (Å²) in [5, 5.41) is 6.23. The maximum atomic E-state index is 12.0. The molecule has 0 aliphatic rings. The Hall–Kier alpha value is -2.35. The molecule has 1 aromatic heterocycles. The summed E-state index contributed by atoms with van der Waals surface area (Å²) in [6.45, 7) is 3.68. The van der Waals surface area contributed by atoms with Crippen molar-refractivity contribution in [2.45, 2.75) is 20.3 Å². The summed E-state index contributed by atoms with van der Waals surface area (Å²) < 4.78 is 30.0. The predicted molar refractivity (Wildman–Crippen MR) is 87.9 cm³/mol. The van der Waals surface area contributed by atoms with Crippen LogP contribution in [0.25, 0.3) is 0 Å². The molecule has 0 saturated carbocycles. The Morgan fingerprint density at radius 2 is 1.91 bits per heavy atom. The summed E-state index contributed by atoms with van der Waals surface area (Å²) in [5.41, 5.74) is 1.56. The van der Waals surface area contributed by atoms with Crippen molar-refractivity contribution in [3.8, 4) is 0 Å². The Morgan fingerprint density at radius 3 is 2.43 bits per heavy atom. The van der Waals surface area contributed by atoms with Crippen LogP contribution in [0.4, 0.5) is 11.5 Å². The molecule has 8 heteroatoms. The van der Waals surface area contributed by atoms with Crippen molar-refractivity contribution in [3.05, 3.63) is 41.7 Å². The lowest BCUT2D eigenvalue weighted by Gasteiger charge is -2.22. The number of rotatable bonds is 6. The number of sulfonamides is 1. The van der Waals surface area contributed by atoms with Crippen molar-refractivity contribution in [1.82, 2.24) is 5.16 Å². The Balaban J connectivity index is 2.04. The van der Waals surface area contributed by atoms with E-state index in [9.17, 15) is 13.2 Å². The fourth-order valence-electron chi connectivity index (χ4n) is 2.03. The molecule has 0 aliphatic heterocycles. The molecule has 7 nitrogen and oxygen atoms in total. The van der Waals surface area contributed by atoms with E-state index in [1.807, 2.05) is 19.1 Å². The van der Waals surface area contributed by atoms with Gasteiger partial charge in [-0.1, -0.05) is 22.9 Å². The van der Waals surface area contributed by atoms with E-state index in [4.69, 9.17) is 4.52 Å². The zero-order valence-electron chi connectivity index (χ0n) is 13.2. The van der Waals surface area contributed by atoms with Crippen molar-refractivity contribution >= 4 is 27.4 Å². The predicted octanol–water partition coefficient (Wildman–Crippen LogP) is 2.09. The second-order valence-corrected chi connectivity index (χ2v) is 7.20. The van der Waals surface area contributed by atoms with Gasteiger partial charge in [-0.3, -0.25) is 9.10 Å². The minimum absolute atomic E-state index is 0.00680. The number of hydrogen-bond donors (Lipinski definition) is 1. The summed E-state index contributed by atoms with van der Waals surface area (Å²) >= 11 is 0. The van der Waals surface area contributed by atoms with Crippen LogP contribution in [0.2, 0.25) is 0 Å². The van der Waals surface area contributed by atoms with E-state index in [0.29, 0.717) is 17.3 Å². The van der Waals surface area contributed by atoms with Crippen LogP contribution >= 0.6 is 0 Å². The average Bonchev–Trinajstić information content (AvgIpc) is 2.85. The van der Waals surface area contributed by atoms with Crippen molar-refractivity contribution in [2.75, 3.05) is 22.4 Å². The molecule has 0 spiro atoms. The largest absolute Gasteiger partial charge is 0.360 e. The highest BCUT2D eigenvalue weighted by atomic mass is 32.2. The molecule has 1 heterocycles. The van der Waals surface area contributed by atoms with Gasteiger partial charge in [-0.2, -0.15) is 0 Å². The van der Waals surface area contributed by atoms with Gasteiger partial charge in [-0.15, -0.1) is 0 Å². The minimum Gasteiger partial charge on any atom is -0.360 e. The molecule has 0 bridgehead atoms. The van der Waals surface area contributed by atoms with Gasteiger partial charge in [0, 0.05) is 19.0 Å². The summed E-state index contributed by atoms with van der Waals surface area (Å²) in [6, 6.07) is 8.67. The second kappa shape index (κ2) is 6.82. The van der Waals surface area contributed by atoms with E-state index in [-0.39, 0.29) is 18.9 Å². The van der Waals surface area contributed by atoms with E-state index in [2.05, 4.69) is 10.5 Å². The Morgan fingerprint density at radius 1 is 1.26 bits per heavy atom. The summed E-state index contributed by atoms with van der Waals surface area (Å²) in [7, 11) is -3.48. The molecule has 1 amide bonds. The Bertz CT molecular complexity index is 781. The number of carbonyl (C=O) groups excluding carboxylic acids is 1. The van der Waals surface area contributed by atoms with Crippen LogP contribution in [0.1, 0.15) is 17.7 Å². The highest BCUT2D eigenvalue weighted by molar-refractivity contribution is 7.92. The van der Waals surface area contributed by atoms with Crippen LogP contribution in [-0.2, 0) is 14.8 Å². The molecule has 0 aliphatic carbocycles. The monoisotopic (exact) mass is 337 g/mol. The van der Waals surface area contributed by atoms with Gasteiger partial charge in [0.2, 0.25) is 15.9 Å². The van der Waals surface area contributed by atoms with E-state index in [1.54, 1.807) is 25.1 Å². The van der Waals surface area contributed by atoms with Gasteiger partial charge in [0.05, 0.1) is 11.9 Å². The van der Waals surface area contributed by atoms with Gasteiger partial charge in [0.25, 0.3) is 0 Å². The zero-order chi connectivity index (χ0) is 17.0. The lowest BCUT2D eigenvalue weighted by molar-refractivity contribution is -0.116. The van der Waals surface area contributed by atoms with Crippen molar-refractivity contribution in [1.29, 1.82) is 0 Å². The van der Waals surface area contributed by atoms with Crippen LogP contribution in [0.3, 0.4) is 0 Å². The normalized spacial score (nSPS) is 11.3. The van der Waals surface area contributed by atoms with Gasteiger partial charge in [-0.05, 0) is 26.0 Å².